The van der Waals surface area contributed by atoms with E-state index in [4.69, 9.17) is 5.11 Å². The van der Waals surface area contributed by atoms with Gasteiger partial charge >= 0.3 is 12.0 Å². The van der Waals surface area contributed by atoms with E-state index in [2.05, 4.69) is 5.32 Å². The zero-order valence-electron chi connectivity index (χ0n) is 11.2. The molecule has 5 nitrogen and oxygen atoms in total. The first kappa shape index (κ1) is 15.9. The molecule has 110 valence electrons. The summed E-state index contributed by atoms with van der Waals surface area (Å²) in [6, 6.07) is 1.44. The van der Waals surface area contributed by atoms with Gasteiger partial charge < -0.3 is 15.7 Å². The zero-order valence-corrected chi connectivity index (χ0v) is 11.2. The number of hydrogen-bond acceptors (Lipinski definition) is 2. The van der Waals surface area contributed by atoms with Gasteiger partial charge in [-0.25, -0.2) is 13.6 Å². The summed E-state index contributed by atoms with van der Waals surface area (Å²) in [4.78, 5) is 22.3. The minimum atomic E-state index is -1.04. The van der Waals surface area contributed by atoms with Gasteiger partial charge in [-0.2, -0.15) is 0 Å². The number of carbonyl (C=O) groups is 2. The van der Waals surface area contributed by atoms with E-state index in [0.29, 0.717) is 6.42 Å². The molecular weight excluding hydrogens is 270 g/mol. The summed E-state index contributed by atoms with van der Waals surface area (Å²) in [7, 11) is 0. The molecule has 0 heterocycles. The van der Waals surface area contributed by atoms with Crippen molar-refractivity contribution in [1.29, 1.82) is 0 Å². The van der Waals surface area contributed by atoms with Crippen LogP contribution in [0.2, 0.25) is 0 Å². The van der Waals surface area contributed by atoms with Crippen molar-refractivity contribution in [1.82, 2.24) is 5.32 Å². The van der Waals surface area contributed by atoms with Gasteiger partial charge in [0.05, 0.1) is 5.92 Å². The number of carbonyl (C=O) groups excluding carboxylic acids is 1. The Morgan fingerprint density at radius 1 is 1.35 bits per heavy atom. The molecule has 0 saturated heterocycles. The fourth-order valence-corrected chi connectivity index (χ4v) is 1.55. The quantitative estimate of drug-likeness (QED) is 0.778. The van der Waals surface area contributed by atoms with E-state index in [1.165, 1.54) is 13.0 Å². The van der Waals surface area contributed by atoms with E-state index < -0.39 is 35.2 Å². The summed E-state index contributed by atoms with van der Waals surface area (Å²) in [6.45, 7) is 2.99. The molecule has 0 radical (unpaired) electrons. The summed E-state index contributed by atoms with van der Waals surface area (Å²) >= 11 is 0. The average Bonchev–Trinajstić information content (AvgIpc) is 2.39. The SMILES string of the molecule is CCC(CNC(=O)Nc1c(F)ccc(C)c1F)C(=O)O. The van der Waals surface area contributed by atoms with Crippen LogP contribution in [0, 0.1) is 24.5 Å². The lowest BCUT2D eigenvalue weighted by Gasteiger charge is -2.13. The van der Waals surface area contributed by atoms with Gasteiger partial charge in [0.1, 0.15) is 11.5 Å². The fourth-order valence-electron chi connectivity index (χ4n) is 1.55. The Hall–Kier alpha value is -2.18. The van der Waals surface area contributed by atoms with Crippen molar-refractivity contribution in [2.45, 2.75) is 20.3 Å². The van der Waals surface area contributed by atoms with E-state index in [0.717, 1.165) is 6.07 Å². The Kier molecular flexibility index (Phi) is 5.42. The predicted octanol–water partition coefficient (Wildman–Crippen LogP) is 2.51. The summed E-state index contributed by atoms with van der Waals surface area (Å²) in [5, 5.41) is 13.1. The number of rotatable bonds is 5. The number of carboxylic acid groups (broad SMARTS) is 1. The smallest absolute Gasteiger partial charge is 0.319 e. The van der Waals surface area contributed by atoms with E-state index >= 15 is 0 Å². The van der Waals surface area contributed by atoms with Crippen molar-refractivity contribution in [3.63, 3.8) is 0 Å². The van der Waals surface area contributed by atoms with Crippen molar-refractivity contribution < 1.29 is 23.5 Å². The molecule has 0 aliphatic carbocycles. The molecular formula is C13H16F2N2O3. The van der Waals surface area contributed by atoms with Crippen molar-refractivity contribution in [2.24, 2.45) is 5.92 Å². The van der Waals surface area contributed by atoms with Crippen molar-refractivity contribution in [3.8, 4) is 0 Å². The average molecular weight is 286 g/mol. The molecule has 3 N–H and O–H groups in total. The number of urea groups is 1. The lowest BCUT2D eigenvalue weighted by molar-refractivity contribution is -0.141. The molecule has 0 aliphatic rings. The molecule has 1 aromatic rings. The number of nitrogens with one attached hydrogen (secondary N) is 2. The largest absolute Gasteiger partial charge is 0.481 e. The first-order chi connectivity index (χ1) is 9.36. The maximum Gasteiger partial charge on any atom is 0.319 e. The maximum atomic E-state index is 13.6. The number of amides is 2. The molecule has 0 aromatic heterocycles. The molecule has 1 unspecified atom stereocenters. The second-order valence-corrected chi connectivity index (χ2v) is 4.33. The van der Waals surface area contributed by atoms with E-state index in [1.807, 2.05) is 5.32 Å². The number of anilines is 1. The number of aliphatic carboxylic acids is 1. The Bertz CT molecular complexity index is 521. The predicted molar refractivity (Wildman–Crippen MR) is 69.5 cm³/mol. The summed E-state index contributed by atoms with van der Waals surface area (Å²) in [5.74, 6) is -3.53. The molecule has 1 atom stereocenters. The van der Waals surface area contributed by atoms with Gasteiger partial charge in [-0.05, 0) is 25.0 Å². The second-order valence-electron chi connectivity index (χ2n) is 4.33. The van der Waals surface area contributed by atoms with Crippen LogP contribution in [0.1, 0.15) is 18.9 Å². The van der Waals surface area contributed by atoms with Crippen LogP contribution in [-0.2, 0) is 4.79 Å². The van der Waals surface area contributed by atoms with E-state index in [1.54, 1.807) is 6.92 Å². The third-order valence-electron chi connectivity index (χ3n) is 2.87. The fraction of sp³-hybridized carbons (Fsp3) is 0.385. The molecule has 7 heteroatoms. The zero-order chi connectivity index (χ0) is 15.3. The molecule has 0 saturated carbocycles. The lowest BCUT2D eigenvalue weighted by Crippen LogP contribution is -2.36. The highest BCUT2D eigenvalue weighted by atomic mass is 19.1. The highest BCUT2D eigenvalue weighted by Crippen LogP contribution is 2.21. The Morgan fingerprint density at radius 2 is 2.00 bits per heavy atom. The van der Waals surface area contributed by atoms with Gasteiger partial charge in [-0.3, -0.25) is 4.79 Å². The van der Waals surface area contributed by atoms with Gasteiger partial charge in [0, 0.05) is 6.54 Å². The van der Waals surface area contributed by atoms with E-state index in [9.17, 15) is 18.4 Å². The summed E-state index contributed by atoms with van der Waals surface area (Å²) in [6.07, 6.45) is 0.336. The van der Waals surface area contributed by atoms with Gasteiger partial charge in [-0.1, -0.05) is 13.0 Å². The first-order valence-corrected chi connectivity index (χ1v) is 6.09. The highest BCUT2D eigenvalue weighted by Gasteiger charge is 2.18. The van der Waals surface area contributed by atoms with Crippen molar-refractivity contribution >= 4 is 17.7 Å². The Labute approximate surface area is 115 Å². The molecule has 20 heavy (non-hydrogen) atoms. The monoisotopic (exact) mass is 286 g/mol. The number of carboxylic acids is 1. The third kappa shape index (κ3) is 3.91. The molecule has 0 bridgehead atoms. The number of hydrogen-bond donors (Lipinski definition) is 3. The van der Waals surface area contributed by atoms with Crippen molar-refractivity contribution in [3.05, 3.63) is 29.3 Å². The normalized spacial score (nSPS) is 11.8. The van der Waals surface area contributed by atoms with Crippen LogP contribution in [0.5, 0.6) is 0 Å². The van der Waals surface area contributed by atoms with Gasteiger partial charge in [-0.15, -0.1) is 0 Å². The van der Waals surface area contributed by atoms with Crippen LogP contribution in [0.25, 0.3) is 0 Å². The summed E-state index contributed by atoms with van der Waals surface area (Å²) in [5.41, 5.74) is -0.357. The topological polar surface area (TPSA) is 78.4 Å². The van der Waals surface area contributed by atoms with Gasteiger partial charge in [0.15, 0.2) is 5.82 Å². The van der Waals surface area contributed by atoms with Crippen LogP contribution >= 0.6 is 0 Å². The molecule has 1 rings (SSSR count). The highest BCUT2D eigenvalue weighted by molar-refractivity contribution is 5.90. The van der Waals surface area contributed by atoms with Crippen LogP contribution in [0.4, 0.5) is 19.3 Å². The number of benzene rings is 1. The standard InChI is InChI=1S/C13H16F2N2O3/c1-3-8(12(18)19)6-16-13(20)17-11-9(14)5-4-7(2)10(11)15/h4-5,8H,3,6H2,1-2H3,(H,18,19)(H2,16,17,20). The minimum Gasteiger partial charge on any atom is -0.481 e. The second kappa shape index (κ2) is 6.83. The minimum absolute atomic E-state index is 0.118. The number of aryl methyl sites for hydroxylation is 1. The molecule has 2 amide bonds. The number of halogens is 2. The molecule has 0 spiro atoms. The summed E-state index contributed by atoms with van der Waals surface area (Å²) < 4.78 is 27.0. The molecule has 0 fully saturated rings. The van der Waals surface area contributed by atoms with Gasteiger partial charge in [0.25, 0.3) is 0 Å². The van der Waals surface area contributed by atoms with Crippen LogP contribution < -0.4 is 10.6 Å². The third-order valence-corrected chi connectivity index (χ3v) is 2.87. The lowest BCUT2D eigenvalue weighted by atomic mass is 10.1. The van der Waals surface area contributed by atoms with Gasteiger partial charge in [0.2, 0.25) is 0 Å². The first-order valence-electron chi connectivity index (χ1n) is 6.09. The van der Waals surface area contributed by atoms with Crippen LogP contribution in [0.15, 0.2) is 12.1 Å². The molecule has 1 aromatic carbocycles. The Morgan fingerprint density at radius 3 is 2.55 bits per heavy atom. The molecule has 0 aliphatic heterocycles. The maximum absolute atomic E-state index is 13.6. The Balaban J connectivity index is 2.68. The van der Waals surface area contributed by atoms with Crippen molar-refractivity contribution in [2.75, 3.05) is 11.9 Å². The van der Waals surface area contributed by atoms with E-state index in [-0.39, 0.29) is 12.1 Å². The van der Waals surface area contributed by atoms with Crippen LogP contribution in [-0.4, -0.2) is 23.7 Å². The van der Waals surface area contributed by atoms with Crippen LogP contribution in [0.3, 0.4) is 0 Å².